The first kappa shape index (κ1) is 13.3. The summed E-state index contributed by atoms with van der Waals surface area (Å²) in [6.07, 6.45) is 6.42. The highest BCUT2D eigenvalue weighted by atomic mass is 16.2. The van der Waals surface area contributed by atoms with Crippen LogP contribution in [0.25, 0.3) is 0 Å². The standard InChI is InChI=1S/C15H19N3O/c1-13-16-11-12-18(13)15(19)17-10-6-5-9-14-7-3-2-4-8-14/h2-4,7-8,11-12H,5-6,9-10H2,1H3,(H,17,19). The van der Waals surface area contributed by atoms with E-state index in [-0.39, 0.29) is 6.03 Å². The number of aromatic nitrogens is 2. The normalized spacial score (nSPS) is 10.4. The first-order valence-corrected chi connectivity index (χ1v) is 6.59. The van der Waals surface area contributed by atoms with Gasteiger partial charge in [0, 0.05) is 18.9 Å². The van der Waals surface area contributed by atoms with E-state index < -0.39 is 0 Å². The van der Waals surface area contributed by atoms with Gasteiger partial charge in [-0.3, -0.25) is 4.57 Å². The number of carbonyl (C=O) groups is 1. The zero-order chi connectivity index (χ0) is 13.5. The minimum atomic E-state index is -0.102. The molecule has 2 rings (SSSR count). The summed E-state index contributed by atoms with van der Waals surface area (Å²) in [4.78, 5) is 15.8. The molecule has 19 heavy (non-hydrogen) atoms. The van der Waals surface area contributed by atoms with Crippen molar-refractivity contribution in [1.29, 1.82) is 0 Å². The first-order chi connectivity index (χ1) is 9.27. The van der Waals surface area contributed by atoms with Crippen LogP contribution in [0.1, 0.15) is 24.2 Å². The van der Waals surface area contributed by atoms with Gasteiger partial charge >= 0.3 is 6.03 Å². The van der Waals surface area contributed by atoms with Gasteiger partial charge in [0.2, 0.25) is 0 Å². The van der Waals surface area contributed by atoms with Crippen LogP contribution in [-0.4, -0.2) is 22.1 Å². The molecule has 1 aromatic carbocycles. The maximum Gasteiger partial charge on any atom is 0.326 e. The lowest BCUT2D eigenvalue weighted by atomic mass is 10.1. The average Bonchev–Trinajstić information content (AvgIpc) is 2.86. The van der Waals surface area contributed by atoms with E-state index in [1.807, 2.05) is 13.0 Å². The Balaban J connectivity index is 1.65. The van der Waals surface area contributed by atoms with Crippen LogP contribution >= 0.6 is 0 Å². The van der Waals surface area contributed by atoms with E-state index in [0.29, 0.717) is 12.4 Å². The number of hydrogen-bond donors (Lipinski definition) is 1. The Bertz CT molecular complexity index is 519. The Hall–Kier alpha value is -2.10. The molecule has 4 heteroatoms. The van der Waals surface area contributed by atoms with Crippen LogP contribution in [-0.2, 0) is 6.42 Å². The predicted molar refractivity (Wildman–Crippen MR) is 75.1 cm³/mol. The Morgan fingerprint density at radius 2 is 2.05 bits per heavy atom. The smallest absolute Gasteiger partial charge is 0.326 e. The number of hydrogen-bond acceptors (Lipinski definition) is 2. The van der Waals surface area contributed by atoms with Crippen LogP contribution in [0.15, 0.2) is 42.7 Å². The molecule has 0 bridgehead atoms. The summed E-state index contributed by atoms with van der Waals surface area (Å²) in [5.74, 6) is 0.710. The number of aryl methyl sites for hydroxylation is 2. The van der Waals surface area contributed by atoms with E-state index in [1.165, 1.54) is 10.1 Å². The van der Waals surface area contributed by atoms with Gasteiger partial charge in [0.1, 0.15) is 5.82 Å². The molecule has 1 heterocycles. The molecule has 0 saturated carbocycles. The van der Waals surface area contributed by atoms with Crippen LogP contribution in [0, 0.1) is 6.92 Å². The molecular weight excluding hydrogens is 238 g/mol. The van der Waals surface area contributed by atoms with Gasteiger partial charge in [-0.2, -0.15) is 0 Å². The lowest BCUT2D eigenvalue weighted by molar-refractivity contribution is 0.241. The second-order valence-electron chi connectivity index (χ2n) is 4.52. The van der Waals surface area contributed by atoms with Crippen molar-refractivity contribution in [3.8, 4) is 0 Å². The van der Waals surface area contributed by atoms with Crippen LogP contribution in [0.5, 0.6) is 0 Å². The molecule has 0 fully saturated rings. The topological polar surface area (TPSA) is 46.9 Å². The first-order valence-electron chi connectivity index (χ1n) is 6.59. The number of rotatable bonds is 5. The SMILES string of the molecule is Cc1nccn1C(=O)NCCCCc1ccccc1. The maximum atomic E-state index is 11.8. The molecule has 1 amide bonds. The van der Waals surface area contributed by atoms with Crippen molar-refractivity contribution < 1.29 is 4.79 Å². The summed E-state index contributed by atoms with van der Waals surface area (Å²) < 4.78 is 1.52. The summed E-state index contributed by atoms with van der Waals surface area (Å²) in [7, 11) is 0. The summed E-state index contributed by atoms with van der Waals surface area (Å²) in [5, 5.41) is 2.90. The third-order valence-electron chi connectivity index (χ3n) is 3.06. The molecule has 0 radical (unpaired) electrons. The van der Waals surface area contributed by atoms with E-state index in [4.69, 9.17) is 0 Å². The van der Waals surface area contributed by atoms with Gasteiger partial charge in [-0.05, 0) is 31.7 Å². The van der Waals surface area contributed by atoms with Crippen molar-refractivity contribution in [2.24, 2.45) is 0 Å². The Morgan fingerprint density at radius 1 is 1.26 bits per heavy atom. The van der Waals surface area contributed by atoms with Crippen molar-refractivity contribution >= 4 is 6.03 Å². The number of nitrogens with zero attached hydrogens (tertiary/aromatic N) is 2. The average molecular weight is 257 g/mol. The summed E-state index contributed by atoms with van der Waals surface area (Å²) in [5.41, 5.74) is 1.35. The van der Waals surface area contributed by atoms with Crippen molar-refractivity contribution in [1.82, 2.24) is 14.9 Å². The summed E-state index contributed by atoms with van der Waals surface area (Å²) in [6, 6.07) is 10.3. The fraction of sp³-hybridized carbons (Fsp3) is 0.333. The molecule has 4 nitrogen and oxygen atoms in total. The largest absolute Gasteiger partial charge is 0.337 e. The van der Waals surface area contributed by atoms with Crippen molar-refractivity contribution in [3.05, 3.63) is 54.1 Å². The Morgan fingerprint density at radius 3 is 2.74 bits per heavy atom. The summed E-state index contributed by atoms with van der Waals surface area (Å²) >= 11 is 0. The van der Waals surface area contributed by atoms with Gasteiger partial charge in [0.15, 0.2) is 0 Å². The van der Waals surface area contributed by atoms with Gasteiger partial charge in [-0.25, -0.2) is 9.78 Å². The molecule has 2 aromatic rings. The minimum Gasteiger partial charge on any atom is -0.337 e. The van der Waals surface area contributed by atoms with Crippen molar-refractivity contribution in [3.63, 3.8) is 0 Å². The minimum absolute atomic E-state index is 0.102. The third-order valence-corrected chi connectivity index (χ3v) is 3.06. The molecule has 1 N–H and O–H groups in total. The van der Waals surface area contributed by atoms with Crippen molar-refractivity contribution in [2.45, 2.75) is 26.2 Å². The quantitative estimate of drug-likeness (QED) is 0.837. The van der Waals surface area contributed by atoms with Gasteiger partial charge in [0.25, 0.3) is 0 Å². The molecule has 0 spiro atoms. The molecule has 0 aliphatic rings. The highest BCUT2D eigenvalue weighted by Gasteiger charge is 2.05. The Kier molecular flexibility index (Phi) is 4.72. The molecule has 100 valence electrons. The maximum absolute atomic E-state index is 11.8. The van der Waals surface area contributed by atoms with Gasteiger partial charge in [0.05, 0.1) is 0 Å². The molecule has 0 aliphatic heterocycles. The monoisotopic (exact) mass is 257 g/mol. The van der Waals surface area contributed by atoms with Crippen LogP contribution in [0.3, 0.4) is 0 Å². The fourth-order valence-electron chi connectivity index (χ4n) is 1.97. The van der Waals surface area contributed by atoms with E-state index >= 15 is 0 Å². The van der Waals surface area contributed by atoms with Gasteiger partial charge in [-0.15, -0.1) is 0 Å². The van der Waals surface area contributed by atoms with Gasteiger partial charge < -0.3 is 5.32 Å². The number of benzene rings is 1. The molecule has 0 unspecified atom stereocenters. The van der Waals surface area contributed by atoms with Gasteiger partial charge in [-0.1, -0.05) is 30.3 Å². The molecular formula is C15H19N3O. The highest BCUT2D eigenvalue weighted by Crippen LogP contribution is 2.03. The zero-order valence-corrected chi connectivity index (χ0v) is 11.2. The fourth-order valence-corrected chi connectivity index (χ4v) is 1.97. The lowest BCUT2D eigenvalue weighted by Gasteiger charge is -2.06. The predicted octanol–water partition coefficient (Wildman–Crippen LogP) is 2.77. The molecule has 0 saturated heterocycles. The molecule has 0 atom stereocenters. The highest BCUT2D eigenvalue weighted by molar-refractivity contribution is 5.77. The van der Waals surface area contributed by atoms with E-state index in [1.54, 1.807) is 12.4 Å². The molecule has 1 aromatic heterocycles. The van der Waals surface area contributed by atoms with Crippen LogP contribution < -0.4 is 5.32 Å². The van der Waals surface area contributed by atoms with Crippen LogP contribution in [0.2, 0.25) is 0 Å². The van der Waals surface area contributed by atoms with E-state index in [2.05, 4.69) is 34.6 Å². The number of amides is 1. The zero-order valence-electron chi connectivity index (χ0n) is 11.2. The number of unbranched alkanes of at least 4 members (excludes halogenated alkanes) is 1. The van der Waals surface area contributed by atoms with Crippen LogP contribution in [0.4, 0.5) is 4.79 Å². The van der Waals surface area contributed by atoms with E-state index in [0.717, 1.165) is 19.3 Å². The molecule has 0 aliphatic carbocycles. The second-order valence-corrected chi connectivity index (χ2v) is 4.52. The Labute approximate surface area is 113 Å². The number of nitrogens with one attached hydrogen (secondary N) is 1. The third kappa shape index (κ3) is 3.95. The number of imidazole rings is 1. The van der Waals surface area contributed by atoms with Crippen molar-refractivity contribution in [2.75, 3.05) is 6.54 Å². The number of carbonyl (C=O) groups excluding carboxylic acids is 1. The second kappa shape index (κ2) is 6.73. The lowest BCUT2D eigenvalue weighted by Crippen LogP contribution is -2.29. The summed E-state index contributed by atoms with van der Waals surface area (Å²) in [6.45, 7) is 2.51. The van der Waals surface area contributed by atoms with E-state index in [9.17, 15) is 4.79 Å².